The Morgan fingerprint density at radius 1 is 1.37 bits per heavy atom. The van der Waals surface area contributed by atoms with Crippen LogP contribution in [0.25, 0.3) is 22.3 Å². The number of aromatic amines is 1. The molecule has 1 saturated heterocycles. The van der Waals surface area contributed by atoms with E-state index in [9.17, 15) is 0 Å². The van der Waals surface area contributed by atoms with Crippen LogP contribution in [-0.2, 0) is 0 Å². The van der Waals surface area contributed by atoms with Crippen molar-refractivity contribution in [3.63, 3.8) is 0 Å². The van der Waals surface area contributed by atoms with E-state index in [2.05, 4.69) is 42.2 Å². The molecule has 6 heteroatoms. The van der Waals surface area contributed by atoms with E-state index < -0.39 is 0 Å². The van der Waals surface area contributed by atoms with Crippen molar-refractivity contribution in [2.75, 3.05) is 18.0 Å². The molecule has 3 aromatic rings. The number of hydrogen-bond acceptors (Lipinski definition) is 4. The van der Waals surface area contributed by atoms with Gasteiger partial charge < -0.3 is 9.88 Å². The molecule has 0 radical (unpaired) electrons. The molecular formula is C13H11BrN4S. The van der Waals surface area contributed by atoms with Crippen molar-refractivity contribution in [2.45, 2.75) is 6.42 Å². The monoisotopic (exact) mass is 334 g/mol. The molecule has 19 heavy (non-hydrogen) atoms. The molecule has 1 fully saturated rings. The summed E-state index contributed by atoms with van der Waals surface area (Å²) in [5, 5.41) is 4.35. The molecular weight excluding hydrogens is 324 g/mol. The van der Waals surface area contributed by atoms with Crippen LogP contribution in [0.2, 0.25) is 0 Å². The molecule has 0 saturated carbocycles. The summed E-state index contributed by atoms with van der Waals surface area (Å²) in [5.41, 5.74) is 3.04. The molecule has 4 nitrogen and oxygen atoms in total. The van der Waals surface area contributed by atoms with Crippen molar-refractivity contribution in [3.8, 4) is 11.3 Å². The van der Waals surface area contributed by atoms with Gasteiger partial charge in [-0.2, -0.15) is 0 Å². The molecule has 1 N–H and O–H groups in total. The van der Waals surface area contributed by atoms with Gasteiger partial charge >= 0.3 is 0 Å². The highest BCUT2D eigenvalue weighted by atomic mass is 79.9. The van der Waals surface area contributed by atoms with Gasteiger partial charge in [-0.1, -0.05) is 0 Å². The molecule has 0 bridgehead atoms. The van der Waals surface area contributed by atoms with Crippen LogP contribution in [0.5, 0.6) is 0 Å². The van der Waals surface area contributed by atoms with Gasteiger partial charge in [-0.3, -0.25) is 0 Å². The Morgan fingerprint density at radius 2 is 2.26 bits per heavy atom. The van der Waals surface area contributed by atoms with Crippen molar-refractivity contribution in [3.05, 3.63) is 28.3 Å². The van der Waals surface area contributed by atoms with Gasteiger partial charge in [0, 0.05) is 46.3 Å². The Hall–Kier alpha value is -1.40. The maximum atomic E-state index is 4.74. The van der Waals surface area contributed by atoms with E-state index in [1.165, 1.54) is 6.42 Å². The van der Waals surface area contributed by atoms with Gasteiger partial charge in [-0.25, -0.2) is 9.97 Å². The summed E-state index contributed by atoms with van der Waals surface area (Å²) in [7, 11) is 0. The number of hydrogen-bond donors (Lipinski definition) is 1. The quantitative estimate of drug-likeness (QED) is 0.777. The Morgan fingerprint density at radius 3 is 3.05 bits per heavy atom. The molecule has 3 aromatic heterocycles. The summed E-state index contributed by atoms with van der Waals surface area (Å²) in [5.74, 6) is 0. The number of aromatic nitrogens is 3. The minimum Gasteiger partial charge on any atom is -0.348 e. The van der Waals surface area contributed by atoms with Crippen molar-refractivity contribution < 1.29 is 0 Å². The van der Waals surface area contributed by atoms with E-state index in [1.54, 1.807) is 17.5 Å². The van der Waals surface area contributed by atoms with Crippen LogP contribution in [0.15, 0.2) is 28.3 Å². The average molecular weight is 335 g/mol. The normalized spacial score (nSPS) is 14.9. The van der Waals surface area contributed by atoms with E-state index in [0.29, 0.717) is 0 Å². The number of fused-ring (bicyclic) bond motifs is 1. The number of rotatable bonds is 2. The standard InChI is InChI=1S/C13H11BrN4S/c14-8-4-9-10(6-16-12(9)15-5-8)11-7-19-13(17-11)18-2-1-3-18/h4-7H,1-3H2,(H,15,16). The first kappa shape index (κ1) is 11.4. The zero-order valence-corrected chi connectivity index (χ0v) is 12.5. The summed E-state index contributed by atoms with van der Waals surface area (Å²) in [6.07, 6.45) is 5.06. The summed E-state index contributed by atoms with van der Waals surface area (Å²) < 4.78 is 0.985. The second-order valence-electron chi connectivity index (χ2n) is 4.61. The molecule has 0 spiro atoms. The van der Waals surface area contributed by atoms with Crippen LogP contribution in [0, 0.1) is 0 Å². The number of H-pyrrole nitrogens is 1. The summed E-state index contributed by atoms with van der Waals surface area (Å²) >= 11 is 5.18. The fourth-order valence-corrected chi connectivity index (χ4v) is 3.44. The summed E-state index contributed by atoms with van der Waals surface area (Å²) in [6, 6.07) is 2.08. The molecule has 96 valence electrons. The van der Waals surface area contributed by atoms with Gasteiger partial charge in [0.2, 0.25) is 0 Å². The minimum absolute atomic E-state index is 0.900. The molecule has 0 aliphatic carbocycles. The van der Waals surface area contributed by atoms with Gasteiger partial charge in [0.1, 0.15) is 5.65 Å². The molecule has 4 heterocycles. The van der Waals surface area contributed by atoms with Crippen molar-refractivity contribution in [1.82, 2.24) is 15.0 Å². The fraction of sp³-hybridized carbons (Fsp3) is 0.231. The number of pyridine rings is 1. The first-order valence-electron chi connectivity index (χ1n) is 6.15. The van der Waals surface area contributed by atoms with Crippen LogP contribution >= 0.6 is 27.3 Å². The largest absolute Gasteiger partial charge is 0.348 e. The lowest BCUT2D eigenvalue weighted by Gasteiger charge is -2.30. The summed E-state index contributed by atoms with van der Waals surface area (Å²) in [4.78, 5) is 14.6. The van der Waals surface area contributed by atoms with Crippen molar-refractivity contribution in [2.24, 2.45) is 0 Å². The lowest BCUT2D eigenvalue weighted by molar-refractivity contribution is 0.616. The van der Waals surface area contributed by atoms with Crippen LogP contribution in [-0.4, -0.2) is 28.0 Å². The molecule has 4 rings (SSSR count). The number of anilines is 1. The third-order valence-electron chi connectivity index (χ3n) is 3.39. The smallest absolute Gasteiger partial charge is 0.185 e. The zero-order chi connectivity index (χ0) is 12.8. The van der Waals surface area contributed by atoms with E-state index in [1.807, 2.05) is 6.20 Å². The topological polar surface area (TPSA) is 44.8 Å². The number of thiazole rings is 1. The lowest BCUT2D eigenvalue weighted by atomic mass is 10.2. The van der Waals surface area contributed by atoms with E-state index >= 15 is 0 Å². The number of halogens is 1. The average Bonchev–Trinajstić information content (AvgIpc) is 2.92. The van der Waals surface area contributed by atoms with E-state index in [0.717, 1.165) is 45.0 Å². The maximum absolute atomic E-state index is 4.74. The SMILES string of the molecule is Brc1cnc2[nH]cc(-c3csc(N4CCC4)n3)c2c1. The molecule has 1 aliphatic heterocycles. The Labute approximate surface area is 122 Å². The maximum Gasteiger partial charge on any atom is 0.185 e. The second-order valence-corrected chi connectivity index (χ2v) is 6.36. The molecule has 1 aliphatic rings. The second kappa shape index (κ2) is 4.31. The van der Waals surface area contributed by atoms with E-state index in [4.69, 9.17) is 4.98 Å². The number of nitrogens with one attached hydrogen (secondary N) is 1. The van der Waals surface area contributed by atoms with Gasteiger partial charge in [0.15, 0.2) is 5.13 Å². The van der Waals surface area contributed by atoms with Gasteiger partial charge in [0.25, 0.3) is 0 Å². The van der Waals surface area contributed by atoms with Gasteiger partial charge in [-0.15, -0.1) is 11.3 Å². The Balaban J connectivity index is 1.80. The minimum atomic E-state index is 0.900. The first-order chi connectivity index (χ1) is 9.31. The first-order valence-corrected chi connectivity index (χ1v) is 7.82. The predicted molar refractivity (Wildman–Crippen MR) is 81.7 cm³/mol. The Kier molecular flexibility index (Phi) is 2.60. The van der Waals surface area contributed by atoms with Gasteiger partial charge in [-0.05, 0) is 28.4 Å². The Bertz CT molecular complexity index is 744. The number of nitrogens with zero attached hydrogens (tertiary/aromatic N) is 3. The van der Waals surface area contributed by atoms with Crippen LogP contribution in [0.3, 0.4) is 0 Å². The van der Waals surface area contributed by atoms with Crippen LogP contribution < -0.4 is 4.90 Å². The lowest BCUT2D eigenvalue weighted by Crippen LogP contribution is -2.36. The predicted octanol–water partition coefficient (Wildman–Crippen LogP) is 3.66. The van der Waals surface area contributed by atoms with Crippen molar-refractivity contribution >= 4 is 43.4 Å². The molecule has 0 unspecified atom stereocenters. The van der Waals surface area contributed by atoms with Crippen LogP contribution in [0.4, 0.5) is 5.13 Å². The zero-order valence-electron chi connectivity index (χ0n) is 10.1. The third-order valence-corrected chi connectivity index (χ3v) is 4.73. The molecule has 0 amide bonds. The molecule has 0 atom stereocenters. The fourth-order valence-electron chi connectivity index (χ4n) is 2.23. The third kappa shape index (κ3) is 1.86. The van der Waals surface area contributed by atoms with Gasteiger partial charge in [0.05, 0.1) is 5.69 Å². The summed E-state index contributed by atoms with van der Waals surface area (Å²) in [6.45, 7) is 2.27. The highest BCUT2D eigenvalue weighted by Crippen LogP contribution is 2.33. The highest BCUT2D eigenvalue weighted by molar-refractivity contribution is 9.10. The van der Waals surface area contributed by atoms with Crippen molar-refractivity contribution in [1.29, 1.82) is 0 Å². The molecule has 0 aromatic carbocycles. The van der Waals surface area contributed by atoms with Crippen LogP contribution in [0.1, 0.15) is 6.42 Å². The van der Waals surface area contributed by atoms with E-state index in [-0.39, 0.29) is 0 Å². The highest BCUT2D eigenvalue weighted by Gasteiger charge is 2.19.